The molecule has 4 aromatic rings. The van der Waals surface area contributed by atoms with E-state index in [0.29, 0.717) is 16.8 Å². The van der Waals surface area contributed by atoms with Crippen LogP contribution in [0.5, 0.6) is 0 Å². The number of hydrogen-bond acceptors (Lipinski definition) is 5. The van der Waals surface area contributed by atoms with Crippen LogP contribution in [0.15, 0.2) is 72.8 Å². The molecule has 3 aromatic carbocycles. The fourth-order valence-electron chi connectivity index (χ4n) is 4.45. The highest BCUT2D eigenvalue weighted by Crippen LogP contribution is 2.35. The van der Waals surface area contributed by atoms with Gasteiger partial charge >= 0.3 is 5.97 Å². The van der Waals surface area contributed by atoms with Crippen molar-refractivity contribution in [1.82, 2.24) is 4.98 Å². The van der Waals surface area contributed by atoms with Gasteiger partial charge in [-0.3, -0.25) is 4.79 Å². The molecule has 0 atom stereocenters. The number of ether oxygens (including phenoxy) is 1. The van der Waals surface area contributed by atoms with Crippen molar-refractivity contribution in [3.63, 3.8) is 0 Å². The molecule has 6 heteroatoms. The molecule has 0 bridgehead atoms. The average molecular weight is 452 g/mol. The number of fused-ring (bicyclic) bond motifs is 2. The average Bonchev–Trinajstić information content (AvgIpc) is 3.28. The Labute approximate surface area is 198 Å². The molecule has 6 nitrogen and oxygen atoms in total. The molecule has 1 aliphatic heterocycles. The molecular weight excluding hydrogens is 426 g/mol. The monoisotopic (exact) mass is 451 g/mol. The molecule has 0 saturated carbocycles. The molecular formula is C28H25N3O3. The van der Waals surface area contributed by atoms with E-state index in [-0.39, 0.29) is 5.91 Å². The second kappa shape index (κ2) is 8.63. The van der Waals surface area contributed by atoms with Gasteiger partial charge in [0.2, 0.25) is 0 Å². The SMILES string of the molecule is COC(=O)c1ccccc1N(C)C(=O)c1ccc(N2CCc3cc4ccc(C)cc4nc32)cc1. The summed E-state index contributed by atoms with van der Waals surface area (Å²) in [5, 5.41) is 1.16. The van der Waals surface area contributed by atoms with Gasteiger partial charge in [0, 0.05) is 30.2 Å². The Morgan fingerprint density at radius 1 is 1.00 bits per heavy atom. The maximum atomic E-state index is 13.2. The van der Waals surface area contributed by atoms with Gasteiger partial charge in [-0.15, -0.1) is 0 Å². The van der Waals surface area contributed by atoms with Crippen molar-refractivity contribution in [1.29, 1.82) is 0 Å². The number of pyridine rings is 1. The van der Waals surface area contributed by atoms with Crippen LogP contribution in [0.25, 0.3) is 10.9 Å². The van der Waals surface area contributed by atoms with Crippen molar-refractivity contribution in [2.24, 2.45) is 0 Å². The van der Waals surface area contributed by atoms with Crippen LogP contribution in [0.2, 0.25) is 0 Å². The third-order valence-corrected chi connectivity index (χ3v) is 6.29. The molecule has 0 fully saturated rings. The number of carbonyl (C=O) groups is 2. The number of benzene rings is 3. The largest absolute Gasteiger partial charge is 0.465 e. The summed E-state index contributed by atoms with van der Waals surface area (Å²) in [6, 6.07) is 23.0. The number of rotatable bonds is 4. The minimum atomic E-state index is -0.478. The van der Waals surface area contributed by atoms with Gasteiger partial charge in [-0.2, -0.15) is 0 Å². The zero-order valence-electron chi connectivity index (χ0n) is 19.4. The lowest BCUT2D eigenvalue weighted by atomic mass is 10.1. The van der Waals surface area contributed by atoms with E-state index in [9.17, 15) is 9.59 Å². The predicted molar refractivity (Wildman–Crippen MR) is 134 cm³/mol. The normalized spacial score (nSPS) is 12.5. The molecule has 5 rings (SSSR count). The first-order chi connectivity index (χ1) is 16.5. The van der Waals surface area contributed by atoms with Crippen LogP contribution in [-0.4, -0.2) is 37.6 Å². The summed E-state index contributed by atoms with van der Waals surface area (Å²) in [5.74, 6) is 0.291. The van der Waals surface area contributed by atoms with E-state index in [2.05, 4.69) is 36.1 Å². The number of aromatic nitrogens is 1. The van der Waals surface area contributed by atoms with Crippen LogP contribution in [0, 0.1) is 6.92 Å². The molecule has 0 saturated heterocycles. The second-order valence-electron chi connectivity index (χ2n) is 8.49. The zero-order chi connectivity index (χ0) is 23.8. The van der Waals surface area contributed by atoms with Crippen molar-refractivity contribution in [2.45, 2.75) is 13.3 Å². The van der Waals surface area contributed by atoms with E-state index in [1.807, 2.05) is 24.3 Å². The van der Waals surface area contributed by atoms with Crippen molar-refractivity contribution in [3.8, 4) is 0 Å². The zero-order valence-corrected chi connectivity index (χ0v) is 19.4. The van der Waals surface area contributed by atoms with Crippen molar-refractivity contribution in [3.05, 3.63) is 95.1 Å². The highest BCUT2D eigenvalue weighted by molar-refractivity contribution is 6.09. The third kappa shape index (κ3) is 3.77. The number of anilines is 3. The first kappa shape index (κ1) is 21.6. The number of methoxy groups -OCH3 is 1. The van der Waals surface area contributed by atoms with Gasteiger partial charge in [0.15, 0.2) is 0 Å². The highest BCUT2D eigenvalue weighted by atomic mass is 16.5. The molecule has 34 heavy (non-hydrogen) atoms. The summed E-state index contributed by atoms with van der Waals surface area (Å²) in [7, 11) is 2.99. The summed E-state index contributed by atoms with van der Waals surface area (Å²) in [4.78, 5) is 33.9. The number of carbonyl (C=O) groups excluding carboxylic acids is 2. The summed E-state index contributed by atoms with van der Waals surface area (Å²) < 4.78 is 4.86. The number of aryl methyl sites for hydroxylation is 1. The second-order valence-corrected chi connectivity index (χ2v) is 8.49. The fourth-order valence-corrected chi connectivity index (χ4v) is 4.45. The maximum absolute atomic E-state index is 13.2. The molecule has 0 radical (unpaired) electrons. The molecule has 0 N–H and O–H groups in total. The van der Waals surface area contributed by atoms with Crippen LogP contribution >= 0.6 is 0 Å². The number of amides is 1. The Balaban J connectivity index is 1.41. The van der Waals surface area contributed by atoms with Gasteiger partial charge in [0.1, 0.15) is 5.82 Å². The standard InChI is InChI=1S/C28H25N3O3/c1-18-8-9-20-17-21-14-15-31(26(21)29-24(20)16-18)22-12-10-19(11-13-22)27(32)30(2)25-7-5-4-6-23(25)28(33)34-3/h4-13,16-17H,14-15H2,1-3H3. The summed E-state index contributed by atoms with van der Waals surface area (Å²) in [6.07, 6.45) is 0.930. The minimum Gasteiger partial charge on any atom is -0.465 e. The Bertz CT molecular complexity index is 1410. The Morgan fingerprint density at radius 3 is 2.53 bits per heavy atom. The van der Waals surface area contributed by atoms with Crippen LogP contribution in [0.3, 0.4) is 0 Å². The third-order valence-electron chi connectivity index (χ3n) is 6.29. The molecule has 0 spiro atoms. The number of para-hydroxylation sites is 1. The van der Waals surface area contributed by atoms with Crippen molar-refractivity contribution < 1.29 is 14.3 Å². The fraction of sp³-hybridized carbons (Fsp3) is 0.179. The predicted octanol–water partition coefficient (Wildman–Crippen LogP) is 5.30. The lowest BCUT2D eigenvalue weighted by Gasteiger charge is -2.21. The number of hydrogen-bond donors (Lipinski definition) is 0. The van der Waals surface area contributed by atoms with Crippen molar-refractivity contribution >= 4 is 40.0 Å². The Kier molecular flexibility index (Phi) is 5.49. The number of nitrogens with zero attached hydrogens (tertiary/aromatic N) is 3. The first-order valence-electron chi connectivity index (χ1n) is 11.2. The van der Waals surface area contributed by atoms with Crippen molar-refractivity contribution in [2.75, 3.05) is 30.5 Å². The minimum absolute atomic E-state index is 0.204. The lowest BCUT2D eigenvalue weighted by molar-refractivity contribution is 0.0601. The molecule has 1 amide bonds. The Morgan fingerprint density at radius 2 is 1.76 bits per heavy atom. The van der Waals surface area contributed by atoms with Gasteiger partial charge < -0.3 is 14.5 Å². The summed E-state index contributed by atoms with van der Waals surface area (Å²) >= 11 is 0. The molecule has 170 valence electrons. The summed E-state index contributed by atoms with van der Waals surface area (Å²) in [5.41, 5.74) is 5.78. The van der Waals surface area contributed by atoms with Gasteiger partial charge in [-0.1, -0.05) is 24.3 Å². The smallest absolute Gasteiger partial charge is 0.339 e. The van der Waals surface area contributed by atoms with E-state index < -0.39 is 5.97 Å². The van der Waals surface area contributed by atoms with Gasteiger partial charge in [-0.25, -0.2) is 9.78 Å². The van der Waals surface area contributed by atoms with E-state index in [4.69, 9.17) is 9.72 Å². The van der Waals surface area contributed by atoms with Gasteiger partial charge in [0.25, 0.3) is 5.91 Å². The van der Waals surface area contributed by atoms with Crippen LogP contribution in [0.1, 0.15) is 31.8 Å². The topological polar surface area (TPSA) is 62.7 Å². The number of esters is 1. The van der Waals surface area contributed by atoms with E-state index in [0.717, 1.165) is 35.4 Å². The quantitative estimate of drug-likeness (QED) is 0.394. The molecule has 1 aliphatic rings. The molecule has 2 heterocycles. The van der Waals surface area contributed by atoms with Gasteiger partial charge in [0.05, 0.1) is 23.9 Å². The maximum Gasteiger partial charge on any atom is 0.339 e. The molecule has 0 aliphatic carbocycles. The first-order valence-corrected chi connectivity index (χ1v) is 11.2. The van der Waals surface area contributed by atoms with Gasteiger partial charge in [-0.05, 0) is 73.0 Å². The highest BCUT2D eigenvalue weighted by Gasteiger charge is 2.24. The van der Waals surface area contributed by atoms with Crippen LogP contribution < -0.4 is 9.80 Å². The van der Waals surface area contributed by atoms with Crippen LogP contribution in [0.4, 0.5) is 17.2 Å². The Hall–Kier alpha value is -4.19. The summed E-state index contributed by atoms with van der Waals surface area (Å²) in [6.45, 7) is 2.92. The van der Waals surface area contributed by atoms with Crippen LogP contribution in [-0.2, 0) is 11.2 Å². The van der Waals surface area contributed by atoms with E-state index in [1.165, 1.54) is 23.1 Å². The molecule has 0 unspecified atom stereocenters. The van der Waals surface area contributed by atoms with E-state index in [1.54, 1.807) is 31.3 Å². The van der Waals surface area contributed by atoms with E-state index >= 15 is 0 Å². The molecule has 1 aromatic heterocycles. The lowest BCUT2D eigenvalue weighted by Crippen LogP contribution is -2.28.